The highest BCUT2D eigenvalue weighted by Gasteiger charge is 2.47. The first-order chi connectivity index (χ1) is 11.7. The van der Waals surface area contributed by atoms with E-state index in [0.29, 0.717) is 22.3 Å². The van der Waals surface area contributed by atoms with Crippen LogP contribution in [0.25, 0.3) is 11.0 Å². The first-order valence-electron chi connectivity index (χ1n) is 8.02. The second kappa shape index (κ2) is 6.04. The van der Waals surface area contributed by atoms with Gasteiger partial charge in [0.25, 0.3) is 0 Å². The topological polar surface area (TPSA) is 86.0 Å². The lowest BCUT2D eigenvalue weighted by molar-refractivity contribution is -0.173. The molecule has 25 heavy (non-hydrogen) atoms. The van der Waals surface area contributed by atoms with Crippen LogP contribution in [0, 0.1) is 0 Å². The predicted octanol–water partition coefficient (Wildman–Crippen LogP) is 2.88. The van der Waals surface area contributed by atoms with Crippen molar-refractivity contribution in [2.75, 3.05) is 0 Å². The van der Waals surface area contributed by atoms with Crippen molar-refractivity contribution < 1.29 is 23.8 Å². The smallest absolute Gasteiger partial charge is 0.336 e. The molecular weight excluding hydrogens is 324 g/mol. The van der Waals surface area contributed by atoms with Gasteiger partial charge in [-0.05, 0) is 45.9 Å². The molecule has 6 nitrogen and oxygen atoms in total. The van der Waals surface area contributed by atoms with Crippen molar-refractivity contribution in [2.45, 2.75) is 45.5 Å². The van der Waals surface area contributed by atoms with Gasteiger partial charge < -0.3 is 19.0 Å². The summed E-state index contributed by atoms with van der Waals surface area (Å²) in [6.07, 6.45) is -0.520. The number of hydrogen-bond acceptors (Lipinski definition) is 6. The third-order valence-corrected chi connectivity index (χ3v) is 4.42. The van der Waals surface area contributed by atoms with Gasteiger partial charge in [-0.25, -0.2) is 9.59 Å². The molecule has 0 spiro atoms. The molecule has 132 valence electrons. The van der Waals surface area contributed by atoms with Crippen molar-refractivity contribution in [1.82, 2.24) is 0 Å². The van der Waals surface area contributed by atoms with Crippen molar-refractivity contribution >= 4 is 16.9 Å². The van der Waals surface area contributed by atoms with Crippen molar-refractivity contribution in [1.29, 1.82) is 0 Å². The van der Waals surface area contributed by atoms with Gasteiger partial charge in [-0.15, -0.1) is 0 Å². The Morgan fingerprint density at radius 1 is 1.28 bits per heavy atom. The van der Waals surface area contributed by atoms with Crippen LogP contribution < -0.4 is 10.4 Å². The summed E-state index contributed by atoms with van der Waals surface area (Å²) < 4.78 is 16.7. The van der Waals surface area contributed by atoms with Crippen molar-refractivity contribution in [3.8, 4) is 5.75 Å². The molecule has 0 bridgehead atoms. The fourth-order valence-corrected chi connectivity index (χ4v) is 2.91. The van der Waals surface area contributed by atoms with E-state index in [1.54, 1.807) is 52.0 Å². The summed E-state index contributed by atoms with van der Waals surface area (Å²) in [5.41, 5.74) is -0.518. The minimum Gasteiger partial charge on any atom is -0.483 e. The molecule has 3 rings (SSSR count). The van der Waals surface area contributed by atoms with Gasteiger partial charge in [0.15, 0.2) is 6.10 Å². The van der Waals surface area contributed by atoms with E-state index in [0.717, 1.165) is 0 Å². The summed E-state index contributed by atoms with van der Waals surface area (Å²) in [6.45, 7) is 6.82. The van der Waals surface area contributed by atoms with Crippen LogP contribution in [0.2, 0.25) is 0 Å². The molecule has 2 aromatic rings. The van der Waals surface area contributed by atoms with Crippen LogP contribution in [-0.4, -0.2) is 22.8 Å². The maximum atomic E-state index is 12.2. The van der Waals surface area contributed by atoms with Gasteiger partial charge in [0.2, 0.25) is 0 Å². The number of fused-ring (bicyclic) bond motifs is 3. The highest BCUT2D eigenvalue weighted by Crippen LogP contribution is 2.44. The SMILES string of the molecule is C/C=C(\C)C(=O)O[C@H]1[C@@H](O)c2c(ccc3ccc(=O)oc23)OC1(C)C. The van der Waals surface area contributed by atoms with Gasteiger partial charge in [0.1, 0.15) is 23.0 Å². The Morgan fingerprint density at radius 3 is 2.64 bits per heavy atom. The lowest BCUT2D eigenvalue weighted by Crippen LogP contribution is -2.51. The average molecular weight is 344 g/mol. The first-order valence-corrected chi connectivity index (χ1v) is 8.02. The number of esters is 1. The van der Waals surface area contributed by atoms with Crippen molar-refractivity contribution in [2.24, 2.45) is 0 Å². The van der Waals surface area contributed by atoms with E-state index in [1.165, 1.54) is 6.07 Å². The molecule has 6 heteroatoms. The number of aliphatic hydroxyl groups is 1. The van der Waals surface area contributed by atoms with Gasteiger partial charge in [0.05, 0.1) is 5.56 Å². The van der Waals surface area contributed by atoms with Crippen LogP contribution in [0.15, 0.2) is 45.1 Å². The van der Waals surface area contributed by atoms with E-state index in [9.17, 15) is 14.7 Å². The van der Waals surface area contributed by atoms with E-state index in [4.69, 9.17) is 13.9 Å². The lowest BCUT2D eigenvalue weighted by atomic mass is 9.87. The summed E-state index contributed by atoms with van der Waals surface area (Å²) in [4.78, 5) is 23.8. The fourth-order valence-electron chi connectivity index (χ4n) is 2.91. The molecule has 0 fully saturated rings. The number of benzene rings is 1. The van der Waals surface area contributed by atoms with Gasteiger partial charge in [-0.2, -0.15) is 0 Å². The van der Waals surface area contributed by atoms with Gasteiger partial charge in [-0.3, -0.25) is 0 Å². The summed E-state index contributed by atoms with van der Waals surface area (Å²) in [5, 5.41) is 11.6. The molecule has 1 aromatic heterocycles. The zero-order chi connectivity index (χ0) is 18.4. The second-order valence-corrected chi connectivity index (χ2v) is 6.60. The Balaban J connectivity index is 2.12. The van der Waals surface area contributed by atoms with E-state index >= 15 is 0 Å². The van der Waals surface area contributed by atoms with Crippen LogP contribution >= 0.6 is 0 Å². The lowest BCUT2D eigenvalue weighted by Gasteiger charge is -2.42. The number of ether oxygens (including phenoxy) is 2. The van der Waals surface area contributed by atoms with Crippen molar-refractivity contribution in [3.63, 3.8) is 0 Å². The minimum absolute atomic E-state index is 0.233. The number of allylic oxidation sites excluding steroid dienone is 1. The quantitative estimate of drug-likeness (QED) is 0.512. The molecular formula is C19H20O6. The summed E-state index contributed by atoms with van der Waals surface area (Å²) in [7, 11) is 0. The molecule has 0 radical (unpaired) electrons. The molecule has 0 amide bonds. The number of carbonyl (C=O) groups excluding carboxylic acids is 1. The zero-order valence-corrected chi connectivity index (χ0v) is 14.5. The van der Waals surface area contributed by atoms with Gasteiger partial charge >= 0.3 is 11.6 Å². The standard InChI is InChI=1S/C19H20O6/c1-5-10(2)18(22)24-17-15(21)14-12(25-19(17,3)4)8-6-11-7-9-13(20)23-16(11)14/h5-9,15,17,21H,1-4H3/b10-5+/t15-,17-/m0/s1. The molecule has 2 heterocycles. The van der Waals surface area contributed by atoms with Gasteiger partial charge in [0, 0.05) is 17.0 Å². The van der Waals surface area contributed by atoms with E-state index < -0.39 is 29.4 Å². The highest BCUT2D eigenvalue weighted by molar-refractivity contribution is 5.88. The van der Waals surface area contributed by atoms with Crippen molar-refractivity contribution in [3.05, 3.63) is 51.9 Å². The largest absolute Gasteiger partial charge is 0.483 e. The Hall–Kier alpha value is -2.60. The molecule has 0 saturated heterocycles. The maximum Gasteiger partial charge on any atom is 0.336 e. The minimum atomic E-state index is -1.19. The molecule has 0 aliphatic carbocycles. The number of rotatable bonds is 2. The first kappa shape index (κ1) is 17.2. The summed E-state index contributed by atoms with van der Waals surface area (Å²) >= 11 is 0. The molecule has 1 aromatic carbocycles. The normalized spacial score (nSPS) is 22.2. The Labute approximate surface area is 144 Å². The Bertz CT molecular complexity index is 921. The third-order valence-electron chi connectivity index (χ3n) is 4.42. The Kier molecular flexibility index (Phi) is 4.16. The monoisotopic (exact) mass is 344 g/mol. The molecule has 1 aliphatic rings. The molecule has 0 unspecified atom stereocenters. The summed E-state index contributed by atoms with van der Waals surface area (Å²) in [6, 6.07) is 6.37. The average Bonchev–Trinajstić information content (AvgIpc) is 2.56. The highest BCUT2D eigenvalue weighted by atomic mass is 16.6. The second-order valence-electron chi connectivity index (χ2n) is 6.60. The van der Waals surface area contributed by atoms with E-state index in [2.05, 4.69) is 0 Å². The number of aliphatic hydroxyl groups excluding tert-OH is 1. The van der Waals surface area contributed by atoms with Crippen LogP contribution in [0.4, 0.5) is 0 Å². The predicted molar refractivity (Wildman–Crippen MR) is 91.5 cm³/mol. The molecule has 1 N–H and O–H groups in total. The van der Waals surface area contributed by atoms with Crippen LogP contribution in [0.3, 0.4) is 0 Å². The number of carbonyl (C=O) groups is 1. The third kappa shape index (κ3) is 2.93. The van der Waals surface area contributed by atoms with Crippen LogP contribution in [0.1, 0.15) is 39.4 Å². The molecule has 0 saturated carbocycles. The van der Waals surface area contributed by atoms with Crippen LogP contribution in [0.5, 0.6) is 5.75 Å². The summed E-state index contributed by atoms with van der Waals surface area (Å²) in [5.74, 6) is -0.136. The van der Waals surface area contributed by atoms with Crippen LogP contribution in [-0.2, 0) is 9.53 Å². The van der Waals surface area contributed by atoms with E-state index in [-0.39, 0.29) is 5.58 Å². The maximum absolute atomic E-state index is 12.2. The fraction of sp³-hybridized carbons (Fsp3) is 0.368. The zero-order valence-electron chi connectivity index (χ0n) is 14.5. The Morgan fingerprint density at radius 2 is 1.96 bits per heavy atom. The van der Waals surface area contributed by atoms with Gasteiger partial charge in [-0.1, -0.05) is 6.08 Å². The molecule has 2 atom stereocenters. The number of hydrogen-bond donors (Lipinski definition) is 1. The van der Waals surface area contributed by atoms with E-state index in [1.807, 2.05) is 0 Å². The molecule has 1 aliphatic heterocycles.